The summed E-state index contributed by atoms with van der Waals surface area (Å²) in [5.74, 6) is -0.271. The lowest BCUT2D eigenvalue weighted by molar-refractivity contribution is -0.155. The van der Waals surface area contributed by atoms with Crippen LogP contribution in [-0.2, 0) is 14.3 Å². The maximum Gasteiger partial charge on any atom is 0.309 e. The summed E-state index contributed by atoms with van der Waals surface area (Å²) in [4.78, 5) is 30.7. The molecule has 0 amide bonds. The van der Waals surface area contributed by atoms with E-state index in [2.05, 4.69) is 4.98 Å². The van der Waals surface area contributed by atoms with Crippen LogP contribution in [0.5, 0.6) is 0 Å². The van der Waals surface area contributed by atoms with Gasteiger partial charge in [-0.05, 0) is 68.9 Å². The van der Waals surface area contributed by atoms with E-state index >= 15 is 0 Å². The van der Waals surface area contributed by atoms with Gasteiger partial charge in [0, 0.05) is 11.3 Å². The van der Waals surface area contributed by atoms with Gasteiger partial charge < -0.3 is 14.9 Å². The van der Waals surface area contributed by atoms with E-state index in [-0.39, 0.29) is 24.2 Å². The van der Waals surface area contributed by atoms with Crippen LogP contribution in [0.25, 0.3) is 6.08 Å². The highest BCUT2D eigenvalue weighted by molar-refractivity contribution is 7.09. The minimum absolute atomic E-state index is 0.00205. The van der Waals surface area contributed by atoms with Gasteiger partial charge in [-0.1, -0.05) is 40.5 Å². The van der Waals surface area contributed by atoms with Crippen molar-refractivity contribution in [3.05, 3.63) is 21.7 Å². The predicted molar refractivity (Wildman–Crippen MR) is 139 cm³/mol. The van der Waals surface area contributed by atoms with E-state index in [4.69, 9.17) is 4.74 Å². The normalized spacial score (nSPS) is 35.7. The van der Waals surface area contributed by atoms with Crippen LogP contribution in [0.2, 0.25) is 0 Å². The number of hydrogen-bond acceptors (Lipinski definition) is 7. The maximum atomic E-state index is 13.2. The average molecular weight is 506 g/mol. The van der Waals surface area contributed by atoms with Gasteiger partial charge in [-0.25, -0.2) is 4.98 Å². The van der Waals surface area contributed by atoms with Crippen molar-refractivity contribution in [3.8, 4) is 0 Å². The lowest BCUT2D eigenvalue weighted by atomic mass is 9.68. The van der Waals surface area contributed by atoms with Crippen molar-refractivity contribution in [1.82, 2.24) is 4.98 Å². The van der Waals surface area contributed by atoms with Gasteiger partial charge in [0.2, 0.25) is 0 Å². The average Bonchev–Trinajstić information content (AvgIpc) is 3.20. The molecule has 3 rings (SSSR count). The van der Waals surface area contributed by atoms with Gasteiger partial charge in [-0.15, -0.1) is 11.3 Å². The van der Waals surface area contributed by atoms with Crippen LogP contribution in [0.1, 0.15) is 90.3 Å². The second-order valence-electron chi connectivity index (χ2n) is 11.5. The third-order valence-electron chi connectivity index (χ3n) is 8.46. The highest BCUT2D eigenvalue weighted by Gasteiger charge is 2.43. The molecule has 1 aromatic heterocycles. The first-order chi connectivity index (χ1) is 16.4. The molecule has 2 heterocycles. The zero-order chi connectivity index (χ0) is 25.9. The number of cyclic esters (lactones) is 1. The van der Waals surface area contributed by atoms with Gasteiger partial charge >= 0.3 is 5.97 Å². The van der Waals surface area contributed by atoms with Crippen molar-refractivity contribution in [2.75, 3.05) is 0 Å². The fourth-order valence-electron chi connectivity index (χ4n) is 5.59. The molecule has 35 heavy (non-hydrogen) atoms. The minimum atomic E-state index is -1.19. The summed E-state index contributed by atoms with van der Waals surface area (Å²) in [5.41, 5.74) is 0.644. The molecule has 1 unspecified atom stereocenters. The highest BCUT2D eigenvalue weighted by atomic mass is 32.1. The van der Waals surface area contributed by atoms with Gasteiger partial charge in [-0.2, -0.15) is 0 Å². The molecule has 7 atom stereocenters. The van der Waals surface area contributed by atoms with Gasteiger partial charge in [-0.3, -0.25) is 9.59 Å². The molecule has 2 aliphatic rings. The summed E-state index contributed by atoms with van der Waals surface area (Å²) < 4.78 is 5.96. The Morgan fingerprint density at radius 3 is 2.43 bits per heavy atom. The maximum absolute atomic E-state index is 13.2. The first kappa shape index (κ1) is 28.0. The quantitative estimate of drug-likeness (QED) is 0.526. The number of aromatic nitrogens is 1. The number of carbonyl (C=O) groups is 2. The van der Waals surface area contributed by atoms with Crippen molar-refractivity contribution in [2.24, 2.45) is 29.1 Å². The van der Waals surface area contributed by atoms with E-state index in [1.165, 1.54) is 6.42 Å². The number of hydrogen-bond donors (Lipinski definition) is 2. The zero-order valence-electron chi connectivity index (χ0n) is 22.1. The van der Waals surface area contributed by atoms with Crippen molar-refractivity contribution < 1.29 is 24.5 Å². The molecule has 1 aliphatic carbocycles. The fraction of sp³-hybridized carbons (Fsp3) is 0.750. The van der Waals surface area contributed by atoms with Crippen LogP contribution in [0.3, 0.4) is 0 Å². The van der Waals surface area contributed by atoms with Crippen LogP contribution >= 0.6 is 11.3 Å². The molecular formula is C28H43NO5S. The molecule has 0 spiro atoms. The Morgan fingerprint density at radius 1 is 1.14 bits per heavy atom. The topological polar surface area (TPSA) is 96.7 Å². The second-order valence-corrected chi connectivity index (χ2v) is 12.5. The van der Waals surface area contributed by atoms with E-state index in [0.29, 0.717) is 11.8 Å². The van der Waals surface area contributed by atoms with Crippen LogP contribution in [0.15, 0.2) is 11.0 Å². The van der Waals surface area contributed by atoms with Crippen molar-refractivity contribution in [1.29, 1.82) is 0 Å². The van der Waals surface area contributed by atoms with Crippen molar-refractivity contribution in [2.45, 2.75) is 105 Å². The Bertz CT molecular complexity index is 922. The van der Waals surface area contributed by atoms with Crippen LogP contribution in [0, 0.1) is 36.0 Å². The third-order valence-corrected chi connectivity index (χ3v) is 9.25. The van der Waals surface area contributed by atoms with Crippen molar-refractivity contribution in [3.63, 3.8) is 0 Å². The molecule has 7 heteroatoms. The number of carbonyl (C=O) groups excluding carboxylic acids is 2. The van der Waals surface area contributed by atoms with Crippen LogP contribution in [0.4, 0.5) is 0 Å². The fourth-order valence-corrected chi connectivity index (χ4v) is 6.16. The summed E-state index contributed by atoms with van der Waals surface area (Å²) in [6, 6.07) is 0. The summed E-state index contributed by atoms with van der Waals surface area (Å²) in [5, 5.41) is 24.7. The summed E-state index contributed by atoms with van der Waals surface area (Å²) >= 11 is 1.59. The molecule has 196 valence electrons. The zero-order valence-corrected chi connectivity index (χ0v) is 22.9. The van der Waals surface area contributed by atoms with E-state index in [9.17, 15) is 19.8 Å². The molecule has 1 saturated carbocycles. The Hall–Kier alpha value is -1.57. The number of aryl methyl sites for hydroxylation is 1. The van der Waals surface area contributed by atoms with E-state index in [1.54, 1.807) is 32.1 Å². The monoisotopic (exact) mass is 505 g/mol. The summed E-state index contributed by atoms with van der Waals surface area (Å²) in [6.07, 6.45) is 5.41. The molecule has 6 nitrogen and oxygen atoms in total. The highest BCUT2D eigenvalue weighted by Crippen LogP contribution is 2.43. The molecule has 1 saturated heterocycles. The number of esters is 1. The number of thiazole rings is 1. The molecule has 0 radical (unpaired) electrons. The standard InChI is InChI=1S/C28H43NO5S/c1-16-8-7-9-20-10-11-21(20)13-23(17(2)12-22-15-35-19(4)29-22)34-25(31)14-24(30)28(5,6)27(33)18(3)26(16)32/h12,15-16,18,20-21,23-24,26,30,32H,7-11,13-14H2,1-6H3/b17-12+/t16-,18+,20+,21-,23-,24-,26?/m0/s1. The Labute approximate surface area is 214 Å². The van der Waals surface area contributed by atoms with Crippen LogP contribution < -0.4 is 0 Å². The number of Topliss-reactive ketones (excluding diaryl/α,β-unsaturated/α-hetero) is 1. The van der Waals surface area contributed by atoms with Crippen molar-refractivity contribution >= 4 is 29.2 Å². The Morgan fingerprint density at radius 2 is 1.83 bits per heavy atom. The molecule has 0 bridgehead atoms. The lowest BCUT2D eigenvalue weighted by Crippen LogP contribution is -2.46. The van der Waals surface area contributed by atoms with Gasteiger partial charge in [0.1, 0.15) is 11.9 Å². The summed E-state index contributed by atoms with van der Waals surface area (Å²) in [6.45, 7) is 11.0. The largest absolute Gasteiger partial charge is 0.458 e. The number of rotatable bonds is 2. The van der Waals surface area contributed by atoms with Crippen LogP contribution in [-0.4, -0.2) is 45.3 Å². The predicted octanol–water partition coefficient (Wildman–Crippen LogP) is 5.35. The number of aliphatic hydroxyl groups excluding tert-OH is 2. The summed E-state index contributed by atoms with van der Waals surface area (Å²) in [7, 11) is 0. The van der Waals surface area contributed by atoms with E-state index in [1.807, 2.05) is 32.2 Å². The number of ketones is 1. The van der Waals surface area contributed by atoms with Gasteiger partial charge in [0.25, 0.3) is 0 Å². The Kier molecular flexibility index (Phi) is 9.33. The number of nitrogens with zero attached hydrogens (tertiary/aromatic N) is 1. The van der Waals surface area contributed by atoms with Gasteiger partial charge in [0.05, 0.1) is 34.7 Å². The SMILES string of the molecule is C/C(=C\c1csc(C)n1)[C@@H]1C[C@@H]2CC[C@H]2CCC[C@H](C)C(O)[C@@H](C)C(=O)C(C)(C)[C@@H](O)CC(=O)O1. The second kappa shape index (κ2) is 11.7. The smallest absolute Gasteiger partial charge is 0.309 e. The number of fused-ring (bicyclic) bond motifs is 1. The third kappa shape index (κ3) is 6.80. The molecule has 1 aliphatic heterocycles. The molecule has 2 fully saturated rings. The molecule has 0 aromatic carbocycles. The van der Waals surface area contributed by atoms with Gasteiger partial charge in [0.15, 0.2) is 0 Å². The minimum Gasteiger partial charge on any atom is -0.458 e. The number of ether oxygens (including phenoxy) is 1. The molecule has 2 N–H and O–H groups in total. The Balaban J connectivity index is 1.84. The lowest BCUT2D eigenvalue weighted by Gasteiger charge is -2.40. The first-order valence-electron chi connectivity index (χ1n) is 13.1. The van der Waals surface area contributed by atoms with E-state index in [0.717, 1.165) is 48.4 Å². The molecule has 1 aromatic rings. The van der Waals surface area contributed by atoms with E-state index < -0.39 is 29.5 Å². The molecular weight excluding hydrogens is 462 g/mol. The first-order valence-corrected chi connectivity index (χ1v) is 14.0. The number of aliphatic hydroxyl groups is 2.